The third kappa shape index (κ3) is 7.26. The lowest BCUT2D eigenvalue weighted by Crippen LogP contribution is -2.52. The molecule has 2 saturated heterocycles. The van der Waals surface area contributed by atoms with Gasteiger partial charge in [0.15, 0.2) is 0 Å². The fourth-order valence-corrected chi connectivity index (χ4v) is 5.84. The molecule has 3 aliphatic rings. The van der Waals surface area contributed by atoms with E-state index in [0.29, 0.717) is 52.4 Å². The number of aliphatic hydroxyl groups is 1. The van der Waals surface area contributed by atoms with Gasteiger partial charge in [-0.25, -0.2) is 0 Å². The number of ether oxygens (including phenoxy) is 6. The number of nitrogens with one attached hydrogen (secondary N) is 1. The van der Waals surface area contributed by atoms with Crippen LogP contribution >= 0.6 is 0 Å². The number of nitrogens with zero attached hydrogens (tertiary/aromatic N) is 1. The molecule has 0 aromatic heterocycles. The molecule has 2 aromatic carbocycles. The molecule has 2 fully saturated rings. The Morgan fingerprint density at radius 3 is 2.52 bits per heavy atom. The SMILES string of the molecule is COCCCN1CCOc2ccc(CO[C@H]3CNC[C@@H](OCC4(O)CCOCC4)[C@@H]3c3ccc(OC)cc3)cc21. The van der Waals surface area contributed by atoms with E-state index < -0.39 is 5.60 Å². The first kappa shape index (κ1) is 29.1. The van der Waals surface area contributed by atoms with Gasteiger partial charge in [-0.2, -0.15) is 0 Å². The highest BCUT2D eigenvalue weighted by Crippen LogP contribution is 2.35. The van der Waals surface area contributed by atoms with E-state index in [2.05, 4.69) is 40.5 Å². The van der Waals surface area contributed by atoms with Crippen LogP contribution in [0, 0.1) is 0 Å². The summed E-state index contributed by atoms with van der Waals surface area (Å²) in [4.78, 5) is 2.37. The first-order chi connectivity index (χ1) is 19.6. The highest BCUT2D eigenvalue weighted by atomic mass is 16.5. The van der Waals surface area contributed by atoms with Gasteiger partial charge in [-0.1, -0.05) is 18.2 Å². The summed E-state index contributed by atoms with van der Waals surface area (Å²) in [5, 5.41) is 14.5. The van der Waals surface area contributed by atoms with Gasteiger partial charge in [-0.05, 0) is 41.8 Å². The van der Waals surface area contributed by atoms with Crippen LogP contribution in [0.2, 0.25) is 0 Å². The van der Waals surface area contributed by atoms with Gasteiger partial charge in [-0.3, -0.25) is 0 Å². The Balaban J connectivity index is 1.30. The summed E-state index contributed by atoms with van der Waals surface area (Å²) in [5.74, 6) is 1.74. The van der Waals surface area contributed by atoms with Crippen LogP contribution < -0.4 is 19.7 Å². The summed E-state index contributed by atoms with van der Waals surface area (Å²) in [7, 11) is 3.42. The van der Waals surface area contributed by atoms with Gasteiger partial charge >= 0.3 is 0 Å². The van der Waals surface area contributed by atoms with Crippen molar-refractivity contribution in [2.45, 2.75) is 49.6 Å². The average molecular weight is 557 g/mol. The van der Waals surface area contributed by atoms with Gasteiger partial charge in [0.1, 0.15) is 18.1 Å². The number of benzene rings is 2. The highest BCUT2D eigenvalue weighted by molar-refractivity contribution is 5.61. The van der Waals surface area contributed by atoms with Crippen molar-refractivity contribution in [1.29, 1.82) is 0 Å². The number of piperidine rings is 1. The smallest absolute Gasteiger partial charge is 0.142 e. The van der Waals surface area contributed by atoms with Crippen molar-refractivity contribution in [2.24, 2.45) is 0 Å². The summed E-state index contributed by atoms with van der Waals surface area (Å²) in [6.07, 6.45) is 1.89. The van der Waals surface area contributed by atoms with Crippen molar-refractivity contribution in [3.05, 3.63) is 53.6 Å². The summed E-state index contributed by atoms with van der Waals surface area (Å²) in [6.45, 7) is 6.52. The molecule has 0 bridgehead atoms. The number of rotatable bonds is 12. The van der Waals surface area contributed by atoms with E-state index in [9.17, 15) is 5.11 Å². The van der Waals surface area contributed by atoms with E-state index in [0.717, 1.165) is 54.4 Å². The van der Waals surface area contributed by atoms with Crippen LogP contribution in [0.5, 0.6) is 11.5 Å². The standard InChI is InChI=1S/C31H44N2O7/c1-35-14-3-12-33-13-17-38-27-9-4-23(18-26(27)33)21-39-28-19-32-20-29(40-22-31(34)10-15-37-16-11-31)30(28)24-5-7-25(36-2)8-6-24/h4-9,18,28-30,32,34H,3,10-17,19-22H2,1-2H3/t28-,29+,30+/m0/s1. The number of anilines is 1. The van der Waals surface area contributed by atoms with Crippen LogP contribution in [-0.2, 0) is 25.6 Å². The summed E-state index contributed by atoms with van der Waals surface area (Å²) in [5.41, 5.74) is 2.51. The minimum atomic E-state index is -0.850. The molecule has 0 aliphatic carbocycles. The topological polar surface area (TPSA) is 90.9 Å². The second-order valence-electron chi connectivity index (χ2n) is 11.0. The van der Waals surface area contributed by atoms with Gasteiger partial charge in [-0.15, -0.1) is 0 Å². The monoisotopic (exact) mass is 556 g/mol. The van der Waals surface area contributed by atoms with Crippen molar-refractivity contribution >= 4 is 5.69 Å². The van der Waals surface area contributed by atoms with E-state index in [1.807, 2.05) is 12.1 Å². The zero-order chi connectivity index (χ0) is 27.8. The van der Waals surface area contributed by atoms with E-state index in [4.69, 9.17) is 28.4 Å². The van der Waals surface area contributed by atoms with Crippen LogP contribution in [0.4, 0.5) is 5.69 Å². The molecule has 0 unspecified atom stereocenters. The molecule has 0 spiro atoms. The molecule has 220 valence electrons. The Kier molecular flexibility index (Phi) is 10.2. The molecule has 0 amide bonds. The van der Waals surface area contributed by atoms with Gasteiger partial charge in [0, 0.05) is 65.3 Å². The van der Waals surface area contributed by atoms with Crippen LogP contribution in [-0.4, -0.2) is 96.3 Å². The third-order valence-electron chi connectivity index (χ3n) is 8.21. The predicted octanol–water partition coefficient (Wildman–Crippen LogP) is 3.13. The number of fused-ring (bicyclic) bond motifs is 1. The lowest BCUT2D eigenvalue weighted by atomic mass is 9.85. The Bertz CT molecular complexity index is 1060. The molecule has 2 N–H and O–H groups in total. The van der Waals surface area contributed by atoms with Crippen LogP contribution in [0.3, 0.4) is 0 Å². The zero-order valence-electron chi connectivity index (χ0n) is 23.8. The molecule has 9 heteroatoms. The molecule has 3 aliphatic heterocycles. The molecule has 0 saturated carbocycles. The zero-order valence-corrected chi connectivity index (χ0v) is 23.8. The molecule has 3 heterocycles. The molecule has 5 rings (SSSR count). The second-order valence-corrected chi connectivity index (χ2v) is 11.0. The maximum atomic E-state index is 11.0. The lowest BCUT2D eigenvalue weighted by molar-refractivity contribution is -0.137. The van der Waals surface area contributed by atoms with Crippen molar-refractivity contribution < 1.29 is 33.5 Å². The van der Waals surface area contributed by atoms with Gasteiger partial charge < -0.3 is 43.7 Å². The molecule has 0 radical (unpaired) electrons. The van der Waals surface area contributed by atoms with E-state index in [1.54, 1.807) is 14.2 Å². The average Bonchev–Trinajstić information content (AvgIpc) is 2.99. The fraction of sp³-hybridized carbons (Fsp3) is 0.613. The minimum absolute atomic E-state index is 0.00194. The maximum absolute atomic E-state index is 11.0. The first-order valence-electron chi connectivity index (χ1n) is 14.5. The fourth-order valence-electron chi connectivity index (χ4n) is 5.84. The Hall–Kier alpha value is -2.40. The van der Waals surface area contributed by atoms with Crippen LogP contribution in [0.15, 0.2) is 42.5 Å². The minimum Gasteiger partial charge on any atom is -0.497 e. The molecule has 3 atom stereocenters. The van der Waals surface area contributed by atoms with Crippen molar-refractivity contribution in [3.8, 4) is 11.5 Å². The maximum Gasteiger partial charge on any atom is 0.142 e. The normalized spacial score (nSPS) is 24.3. The van der Waals surface area contributed by atoms with E-state index in [1.165, 1.54) is 0 Å². The molecular weight excluding hydrogens is 512 g/mol. The van der Waals surface area contributed by atoms with Gasteiger partial charge in [0.05, 0.1) is 50.4 Å². The highest BCUT2D eigenvalue weighted by Gasteiger charge is 2.39. The lowest BCUT2D eigenvalue weighted by Gasteiger charge is -2.41. The van der Waals surface area contributed by atoms with Gasteiger partial charge in [0.2, 0.25) is 0 Å². The summed E-state index contributed by atoms with van der Waals surface area (Å²) < 4.78 is 35.1. The third-order valence-corrected chi connectivity index (χ3v) is 8.21. The second kappa shape index (κ2) is 14.0. The molecule has 40 heavy (non-hydrogen) atoms. The summed E-state index contributed by atoms with van der Waals surface area (Å²) >= 11 is 0. The van der Waals surface area contributed by atoms with E-state index in [-0.39, 0.29) is 24.7 Å². The summed E-state index contributed by atoms with van der Waals surface area (Å²) in [6, 6.07) is 14.5. The number of methoxy groups -OCH3 is 2. The molecule has 2 aromatic rings. The van der Waals surface area contributed by atoms with Crippen molar-refractivity contribution in [2.75, 3.05) is 78.3 Å². The first-order valence-corrected chi connectivity index (χ1v) is 14.5. The number of hydrogen-bond donors (Lipinski definition) is 2. The van der Waals surface area contributed by atoms with Crippen molar-refractivity contribution in [3.63, 3.8) is 0 Å². The molecular formula is C31H44N2O7. The van der Waals surface area contributed by atoms with Crippen molar-refractivity contribution in [1.82, 2.24) is 5.32 Å². The quantitative estimate of drug-likeness (QED) is 0.383. The van der Waals surface area contributed by atoms with E-state index >= 15 is 0 Å². The molecule has 9 nitrogen and oxygen atoms in total. The Morgan fingerprint density at radius 2 is 1.77 bits per heavy atom. The number of hydrogen-bond acceptors (Lipinski definition) is 9. The Morgan fingerprint density at radius 1 is 1.00 bits per heavy atom. The Labute approximate surface area is 237 Å². The van der Waals surface area contributed by atoms with Gasteiger partial charge in [0.25, 0.3) is 0 Å². The van der Waals surface area contributed by atoms with Crippen LogP contribution in [0.1, 0.15) is 36.3 Å². The van der Waals surface area contributed by atoms with Crippen LogP contribution in [0.25, 0.3) is 0 Å². The largest absolute Gasteiger partial charge is 0.497 e. The predicted molar refractivity (Wildman–Crippen MR) is 153 cm³/mol.